The van der Waals surface area contributed by atoms with Crippen molar-refractivity contribution in [3.05, 3.63) is 96.1 Å². The fourth-order valence-corrected chi connectivity index (χ4v) is 3.67. The lowest BCUT2D eigenvalue weighted by molar-refractivity contribution is -0.122. The van der Waals surface area contributed by atoms with Crippen molar-refractivity contribution >= 4 is 17.5 Å². The predicted octanol–water partition coefficient (Wildman–Crippen LogP) is 3.90. The first-order chi connectivity index (χ1) is 14.7. The summed E-state index contributed by atoms with van der Waals surface area (Å²) in [5.41, 5.74) is 2.93. The molecule has 1 unspecified atom stereocenters. The Balaban J connectivity index is 1.44. The highest BCUT2D eigenvalue weighted by atomic mass is 16.5. The number of para-hydroxylation sites is 2. The van der Waals surface area contributed by atoms with E-state index < -0.39 is 0 Å². The van der Waals surface area contributed by atoms with Crippen LogP contribution < -0.4 is 15.0 Å². The van der Waals surface area contributed by atoms with E-state index in [1.165, 1.54) is 0 Å². The molecule has 1 atom stereocenters. The van der Waals surface area contributed by atoms with Crippen LogP contribution in [0.5, 0.6) is 5.75 Å². The van der Waals surface area contributed by atoms with Crippen molar-refractivity contribution in [3.63, 3.8) is 0 Å². The van der Waals surface area contributed by atoms with Gasteiger partial charge in [0, 0.05) is 13.0 Å². The maximum Gasteiger partial charge on any atom is 0.265 e. The van der Waals surface area contributed by atoms with Gasteiger partial charge in [-0.25, -0.2) is 0 Å². The quantitative estimate of drug-likeness (QED) is 0.654. The standard InChI is InChI=1S/C25H24N2O3/c28-24(15-16-27-22-13-7-8-14-23(22)30-18-25(27)29)26-21(20-11-5-2-6-12-20)17-19-9-3-1-4-10-19/h1-14,21H,15-18H2,(H,26,28). The first kappa shape index (κ1) is 19.7. The van der Waals surface area contributed by atoms with Crippen LogP contribution in [0.2, 0.25) is 0 Å². The second kappa shape index (κ2) is 9.27. The lowest BCUT2D eigenvalue weighted by Gasteiger charge is -2.29. The van der Waals surface area contributed by atoms with E-state index in [4.69, 9.17) is 4.74 Å². The van der Waals surface area contributed by atoms with Gasteiger partial charge in [-0.3, -0.25) is 9.59 Å². The van der Waals surface area contributed by atoms with Crippen LogP contribution in [0.3, 0.4) is 0 Å². The van der Waals surface area contributed by atoms with Gasteiger partial charge in [-0.05, 0) is 29.7 Å². The van der Waals surface area contributed by atoms with Crippen LogP contribution in [0.15, 0.2) is 84.9 Å². The average molecular weight is 400 g/mol. The third-order valence-corrected chi connectivity index (χ3v) is 5.19. The number of carbonyl (C=O) groups excluding carboxylic acids is 2. The zero-order chi connectivity index (χ0) is 20.8. The van der Waals surface area contributed by atoms with E-state index in [-0.39, 0.29) is 30.9 Å². The first-order valence-corrected chi connectivity index (χ1v) is 10.1. The van der Waals surface area contributed by atoms with Crippen molar-refractivity contribution in [1.82, 2.24) is 5.32 Å². The summed E-state index contributed by atoms with van der Waals surface area (Å²) >= 11 is 0. The molecular formula is C25H24N2O3. The second-order valence-corrected chi connectivity index (χ2v) is 7.27. The minimum Gasteiger partial charge on any atom is -0.482 e. The monoisotopic (exact) mass is 400 g/mol. The van der Waals surface area contributed by atoms with E-state index in [1.54, 1.807) is 4.90 Å². The zero-order valence-corrected chi connectivity index (χ0v) is 16.7. The molecule has 0 spiro atoms. The molecule has 1 aliphatic heterocycles. The van der Waals surface area contributed by atoms with Crippen LogP contribution in [0.25, 0.3) is 0 Å². The largest absolute Gasteiger partial charge is 0.482 e. The van der Waals surface area contributed by atoms with Gasteiger partial charge in [0.25, 0.3) is 5.91 Å². The molecule has 0 bridgehead atoms. The highest BCUT2D eigenvalue weighted by Crippen LogP contribution is 2.31. The van der Waals surface area contributed by atoms with Crippen LogP contribution in [0.4, 0.5) is 5.69 Å². The van der Waals surface area contributed by atoms with Crippen molar-refractivity contribution in [2.45, 2.75) is 18.9 Å². The normalized spacial score (nSPS) is 13.9. The van der Waals surface area contributed by atoms with Crippen LogP contribution in [-0.4, -0.2) is 25.0 Å². The molecule has 5 heteroatoms. The summed E-state index contributed by atoms with van der Waals surface area (Å²) in [5, 5.41) is 3.15. The third kappa shape index (κ3) is 4.69. The van der Waals surface area contributed by atoms with Crippen molar-refractivity contribution in [2.24, 2.45) is 0 Å². The van der Waals surface area contributed by atoms with Gasteiger partial charge in [0.15, 0.2) is 6.61 Å². The van der Waals surface area contributed by atoms with Gasteiger partial charge in [0.2, 0.25) is 5.91 Å². The fraction of sp³-hybridized carbons (Fsp3) is 0.200. The summed E-state index contributed by atoms with van der Waals surface area (Å²) < 4.78 is 5.47. The van der Waals surface area contributed by atoms with E-state index in [9.17, 15) is 9.59 Å². The number of anilines is 1. The summed E-state index contributed by atoms with van der Waals surface area (Å²) in [7, 11) is 0. The number of amides is 2. The van der Waals surface area contributed by atoms with Gasteiger partial charge in [-0.15, -0.1) is 0 Å². The molecule has 1 N–H and O–H groups in total. The molecule has 1 aliphatic rings. The summed E-state index contributed by atoms with van der Waals surface area (Å²) in [5.74, 6) is 0.450. The number of benzene rings is 3. The average Bonchev–Trinajstić information content (AvgIpc) is 2.79. The number of hydrogen-bond acceptors (Lipinski definition) is 3. The number of nitrogens with one attached hydrogen (secondary N) is 1. The molecular weight excluding hydrogens is 376 g/mol. The molecule has 0 aromatic heterocycles. The Morgan fingerprint density at radius 1 is 0.933 bits per heavy atom. The number of carbonyl (C=O) groups is 2. The summed E-state index contributed by atoms with van der Waals surface area (Å²) in [6.07, 6.45) is 0.925. The lowest BCUT2D eigenvalue weighted by atomic mass is 9.98. The Morgan fingerprint density at radius 3 is 2.37 bits per heavy atom. The first-order valence-electron chi connectivity index (χ1n) is 10.1. The Labute approximate surface area is 176 Å². The Kier molecular flexibility index (Phi) is 6.09. The van der Waals surface area contributed by atoms with Crippen LogP contribution in [0, 0.1) is 0 Å². The van der Waals surface area contributed by atoms with Crippen LogP contribution in [-0.2, 0) is 16.0 Å². The summed E-state index contributed by atoms with van der Waals surface area (Å²) in [4.78, 5) is 26.8. The maximum absolute atomic E-state index is 12.8. The second-order valence-electron chi connectivity index (χ2n) is 7.27. The third-order valence-electron chi connectivity index (χ3n) is 5.19. The minimum atomic E-state index is -0.134. The number of hydrogen-bond donors (Lipinski definition) is 1. The van der Waals surface area contributed by atoms with Gasteiger partial charge in [-0.1, -0.05) is 72.8 Å². The Hall–Kier alpha value is -3.60. The van der Waals surface area contributed by atoms with E-state index in [1.807, 2.05) is 72.8 Å². The van der Waals surface area contributed by atoms with E-state index >= 15 is 0 Å². The van der Waals surface area contributed by atoms with Gasteiger partial charge in [0.05, 0.1) is 11.7 Å². The van der Waals surface area contributed by atoms with Crippen molar-refractivity contribution in [2.75, 3.05) is 18.1 Å². The highest BCUT2D eigenvalue weighted by Gasteiger charge is 2.26. The molecule has 3 aromatic rings. The molecule has 2 amide bonds. The smallest absolute Gasteiger partial charge is 0.265 e. The van der Waals surface area contributed by atoms with Crippen LogP contribution >= 0.6 is 0 Å². The molecule has 1 heterocycles. The zero-order valence-electron chi connectivity index (χ0n) is 16.7. The molecule has 0 aliphatic carbocycles. The Bertz CT molecular complexity index is 1010. The van der Waals surface area contributed by atoms with Gasteiger partial charge in [-0.2, -0.15) is 0 Å². The Morgan fingerprint density at radius 2 is 1.60 bits per heavy atom. The summed E-state index contributed by atoms with van der Waals surface area (Å²) in [6.45, 7) is 0.317. The van der Waals surface area contributed by atoms with Gasteiger partial charge < -0.3 is 15.0 Å². The maximum atomic E-state index is 12.8. The summed E-state index contributed by atoms with van der Waals surface area (Å²) in [6, 6.07) is 27.3. The number of fused-ring (bicyclic) bond motifs is 1. The molecule has 3 aromatic carbocycles. The molecule has 5 nitrogen and oxygen atoms in total. The SMILES string of the molecule is O=C(CCN1C(=O)COc2ccccc21)NC(Cc1ccccc1)c1ccccc1. The van der Waals surface area contributed by atoms with Crippen molar-refractivity contribution in [3.8, 4) is 5.75 Å². The lowest BCUT2D eigenvalue weighted by Crippen LogP contribution is -2.41. The highest BCUT2D eigenvalue weighted by molar-refractivity contribution is 5.98. The molecule has 0 saturated carbocycles. The minimum absolute atomic E-state index is 0.000714. The van der Waals surface area contributed by atoms with Crippen molar-refractivity contribution < 1.29 is 14.3 Å². The number of ether oxygens (including phenoxy) is 1. The molecule has 0 radical (unpaired) electrons. The predicted molar refractivity (Wildman–Crippen MR) is 116 cm³/mol. The van der Waals surface area contributed by atoms with Gasteiger partial charge >= 0.3 is 0 Å². The molecule has 0 saturated heterocycles. The topological polar surface area (TPSA) is 58.6 Å². The molecule has 4 rings (SSSR count). The van der Waals surface area contributed by atoms with Crippen LogP contribution in [0.1, 0.15) is 23.6 Å². The van der Waals surface area contributed by atoms with E-state index in [0.29, 0.717) is 24.4 Å². The number of nitrogens with zero attached hydrogens (tertiary/aromatic N) is 1. The van der Waals surface area contributed by atoms with Crippen molar-refractivity contribution in [1.29, 1.82) is 0 Å². The molecule has 152 valence electrons. The van der Waals surface area contributed by atoms with Gasteiger partial charge in [0.1, 0.15) is 5.75 Å². The fourth-order valence-electron chi connectivity index (χ4n) is 3.67. The molecule has 0 fully saturated rings. The number of rotatable bonds is 7. The molecule has 30 heavy (non-hydrogen) atoms. The van der Waals surface area contributed by atoms with E-state index in [0.717, 1.165) is 11.1 Å². The van der Waals surface area contributed by atoms with E-state index in [2.05, 4.69) is 17.4 Å².